The summed E-state index contributed by atoms with van der Waals surface area (Å²) in [5, 5.41) is 3.72. The Bertz CT molecular complexity index is 683. The Balaban J connectivity index is 1.30. The minimum Gasteiger partial charge on any atom is -0.371 e. The fraction of sp³-hybridized carbons (Fsp3) is 0.550. The van der Waals surface area contributed by atoms with Gasteiger partial charge in [0.15, 0.2) is 0 Å². The summed E-state index contributed by atoms with van der Waals surface area (Å²) in [6.07, 6.45) is 10.2. The molecule has 1 aromatic carbocycles. The second kappa shape index (κ2) is 6.98. The maximum atomic E-state index is 4.25. The van der Waals surface area contributed by atoms with Crippen molar-refractivity contribution in [2.24, 2.45) is 0 Å². The number of piperidine rings is 1. The van der Waals surface area contributed by atoms with E-state index in [1.54, 1.807) is 11.1 Å². The van der Waals surface area contributed by atoms with E-state index in [2.05, 4.69) is 44.9 Å². The summed E-state index contributed by atoms with van der Waals surface area (Å²) < 4.78 is 2.21. The van der Waals surface area contributed by atoms with Crippen molar-refractivity contribution in [1.82, 2.24) is 14.9 Å². The van der Waals surface area contributed by atoms with Crippen molar-refractivity contribution in [2.45, 2.75) is 58.2 Å². The maximum Gasteiger partial charge on any atom is 0.0948 e. The number of anilines is 1. The molecule has 2 aliphatic rings. The molecule has 2 aromatic rings. The summed E-state index contributed by atoms with van der Waals surface area (Å²) in [6, 6.07) is 7.75. The molecular weight excluding hydrogens is 296 g/mol. The van der Waals surface area contributed by atoms with E-state index in [0.717, 1.165) is 26.2 Å². The first-order valence-electron chi connectivity index (χ1n) is 9.42. The van der Waals surface area contributed by atoms with Crippen LogP contribution in [-0.4, -0.2) is 28.7 Å². The van der Waals surface area contributed by atoms with Crippen LogP contribution in [0.3, 0.4) is 0 Å². The van der Waals surface area contributed by atoms with E-state index in [1.807, 2.05) is 12.5 Å². The van der Waals surface area contributed by atoms with E-state index in [9.17, 15) is 0 Å². The monoisotopic (exact) mass is 324 g/mol. The van der Waals surface area contributed by atoms with E-state index < -0.39 is 0 Å². The molecule has 4 heteroatoms. The molecule has 1 saturated heterocycles. The zero-order valence-corrected chi connectivity index (χ0v) is 14.7. The highest BCUT2D eigenvalue weighted by molar-refractivity contribution is 5.52. The molecule has 2 heterocycles. The van der Waals surface area contributed by atoms with Crippen LogP contribution in [0.1, 0.15) is 43.0 Å². The summed E-state index contributed by atoms with van der Waals surface area (Å²) in [7, 11) is 0. The summed E-state index contributed by atoms with van der Waals surface area (Å²) in [4.78, 5) is 6.81. The van der Waals surface area contributed by atoms with Crippen LogP contribution in [0.2, 0.25) is 0 Å². The zero-order chi connectivity index (χ0) is 16.4. The van der Waals surface area contributed by atoms with Crippen molar-refractivity contribution in [3.8, 4) is 0 Å². The number of imidazole rings is 1. The largest absolute Gasteiger partial charge is 0.371 e. The molecule has 0 spiro atoms. The highest BCUT2D eigenvalue weighted by Gasteiger charge is 2.20. The first kappa shape index (κ1) is 15.7. The van der Waals surface area contributed by atoms with Gasteiger partial charge in [-0.2, -0.15) is 0 Å². The van der Waals surface area contributed by atoms with Gasteiger partial charge in [0.05, 0.1) is 12.0 Å². The maximum absolute atomic E-state index is 4.25. The van der Waals surface area contributed by atoms with Crippen molar-refractivity contribution in [3.63, 3.8) is 0 Å². The van der Waals surface area contributed by atoms with Crippen LogP contribution >= 0.6 is 0 Å². The van der Waals surface area contributed by atoms with Crippen LogP contribution < -0.4 is 10.2 Å². The summed E-state index contributed by atoms with van der Waals surface area (Å²) in [6.45, 7) is 6.40. The van der Waals surface area contributed by atoms with Crippen molar-refractivity contribution in [3.05, 3.63) is 47.5 Å². The smallest absolute Gasteiger partial charge is 0.0948 e. The second-order valence-electron chi connectivity index (χ2n) is 7.12. The Kier molecular flexibility index (Phi) is 4.56. The number of aryl methyl sites for hydroxylation is 3. The second-order valence-corrected chi connectivity index (χ2v) is 7.12. The fourth-order valence-electron chi connectivity index (χ4n) is 4.13. The molecule has 128 valence electrons. The Labute approximate surface area is 144 Å². The lowest BCUT2D eigenvalue weighted by molar-refractivity contribution is 0.409. The summed E-state index contributed by atoms with van der Waals surface area (Å²) in [5.41, 5.74) is 5.88. The van der Waals surface area contributed by atoms with E-state index in [4.69, 9.17) is 0 Å². The number of nitrogens with zero attached hydrogens (tertiary/aromatic N) is 3. The summed E-state index contributed by atoms with van der Waals surface area (Å²) in [5.74, 6) is 0. The number of nitrogens with one attached hydrogen (secondary N) is 1. The lowest BCUT2D eigenvalue weighted by Gasteiger charge is -2.34. The Morgan fingerprint density at radius 2 is 2.00 bits per heavy atom. The number of rotatable bonds is 5. The number of hydrogen-bond donors (Lipinski definition) is 1. The lowest BCUT2D eigenvalue weighted by atomic mass is 10.0. The zero-order valence-electron chi connectivity index (χ0n) is 14.7. The standard InChI is InChI=1S/C20H28N4/c1-2-23-15-21-13-20(23)14-22-18-8-10-24(11-9-18)19-7-6-16-4-3-5-17(16)12-19/h6-7,12-13,15,18,22H,2-5,8-11,14H2,1H3. The predicted molar refractivity (Wildman–Crippen MR) is 98.4 cm³/mol. The van der Waals surface area contributed by atoms with Gasteiger partial charge in [0.2, 0.25) is 0 Å². The molecule has 4 nitrogen and oxygen atoms in total. The van der Waals surface area contributed by atoms with Crippen LogP contribution in [0.4, 0.5) is 5.69 Å². The third-order valence-electron chi connectivity index (χ3n) is 5.65. The van der Waals surface area contributed by atoms with E-state index in [1.165, 1.54) is 43.5 Å². The normalized spacial score (nSPS) is 18.1. The molecular formula is C20H28N4. The molecule has 0 bridgehead atoms. The van der Waals surface area contributed by atoms with Crippen molar-refractivity contribution in [1.29, 1.82) is 0 Å². The number of hydrogen-bond acceptors (Lipinski definition) is 3. The molecule has 4 rings (SSSR count). The average Bonchev–Trinajstić information content (AvgIpc) is 3.28. The molecule has 0 radical (unpaired) electrons. The highest BCUT2D eigenvalue weighted by Crippen LogP contribution is 2.28. The lowest BCUT2D eigenvalue weighted by Crippen LogP contribution is -2.42. The third kappa shape index (κ3) is 3.20. The molecule has 0 saturated carbocycles. The molecule has 0 atom stereocenters. The average molecular weight is 324 g/mol. The number of aromatic nitrogens is 2. The van der Waals surface area contributed by atoms with Gasteiger partial charge >= 0.3 is 0 Å². The van der Waals surface area contributed by atoms with Crippen LogP contribution in [0.15, 0.2) is 30.7 Å². The van der Waals surface area contributed by atoms with Gasteiger partial charge in [0.1, 0.15) is 0 Å². The molecule has 1 aliphatic carbocycles. The summed E-state index contributed by atoms with van der Waals surface area (Å²) >= 11 is 0. The van der Waals surface area contributed by atoms with Crippen LogP contribution in [0.25, 0.3) is 0 Å². The van der Waals surface area contributed by atoms with Crippen LogP contribution in [0.5, 0.6) is 0 Å². The van der Waals surface area contributed by atoms with Gasteiger partial charge in [0, 0.05) is 44.1 Å². The fourth-order valence-corrected chi connectivity index (χ4v) is 4.13. The molecule has 1 aromatic heterocycles. The van der Waals surface area contributed by atoms with Gasteiger partial charge < -0.3 is 14.8 Å². The van der Waals surface area contributed by atoms with Crippen molar-refractivity contribution in [2.75, 3.05) is 18.0 Å². The topological polar surface area (TPSA) is 33.1 Å². The van der Waals surface area contributed by atoms with Gasteiger partial charge in [-0.1, -0.05) is 6.07 Å². The van der Waals surface area contributed by atoms with E-state index >= 15 is 0 Å². The van der Waals surface area contributed by atoms with Crippen molar-refractivity contribution >= 4 is 5.69 Å². The van der Waals surface area contributed by atoms with Crippen molar-refractivity contribution < 1.29 is 0 Å². The molecule has 0 amide bonds. The Morgan fingerprint density at radius 3 is 2.83 bits per heavy atom. The molecule has 1 aliphatic heterocycles. The van der Waals surface area contributed by atoms with Gasteiger partial charge in [-0.25, -0.2) is 4.98 Å². The van der Waals surface area contributed by atoms with Gasteiger partial charge in [-0.3, -0.25) is 0 Å². The predicted octanol–water partition coefficient (Wildman–Crippen LogP) is 3.15. The van der Waals surface area contributed by atoms with Crippen LogP contribution in [-0.2, 0) is 25.9 Å². The van der Waals surface area contributed by atoms with Gasteiger partial charge in [-0.15, -0.1) is 0 Å². The highest BCUT2D eigenvalue weighted by atomic mass is 15.2. The number of fused-ring (bicyclic) bond motifs is 1. The van der Waals surface area contributed by atoms with E-state index in [0.29, 0.717) is 6.04 Å². The first-order valence-corrected chi connectivity index (χ1v) is 9.42. The minimum absolute atomic E-state index is 0.621. The van der Waals surface area contributed by atoms with Gasteiger partial charge in [0.25, 0.3) is 0 Å². The Morgan fingerprint density at radius 1 is 1.17 bits per heavy atom. The first-order chi connectivity index (χ1) is 11.8. The molecule has 1 N–H and O–H groups in total. The van der Waals surface area contributed by atoms with E-state index in [-0.39, 0.29) is 0 Å². The molecule has 0 unspecified atom stereocenters. The minimum atomic E-state index is 0.621. The number of benzene rings is 1. The molecule has 24 heavy (non-hydrogen) atoms. The van der Waals surface area contributed by atoms with Crippen LogP contribution in [0, 0.1) is 0 Å². The molecule has 1 fully saturated rings. The Hall–Kier alpha value is -1.81. The van der Waals surface area contributed by atoms with Gasteiger partial charge in [-0.05, 0) is 62.3 Å². The SMILES string of the molecule is CCn1cncc1CNC1CCN(c2ccc3c(c2)CCC3)CC1. The quantitative estimate of drug-likeness (QED) is 0.917. The third-order valence-corrected chi connectivity index (χ3v) is 5.65.